The molecule has 0 aliphatic carbocycles. The fourth-order valence-electron chi connectivity index (χ4n) is 0.531. The Labute approximate surface area is 64.4 Å². The van der Waals surface area contributed by atoms with E-state index in [0.29, 0.717) is 0 Å². The van der Waals surface area contributed by atoms with Crippen LogP contribution in [-0.2, 0) is 0 Å². The lowest BCUT2D eigenvalue weighted by Gasteiger charge is -2.14. The highest BCUT2D eigenvalue weighted by molar-refractivity contribution is 5.30. The molecule has 11 heavy (non-hydrogen) atoms. The second-order valence-electron chi connectivity index (χ2n) is 2.66. The van der Waals surface area contributed by atoms with E-state index in [2.05, 4.69) is 13.2 Å². The summed E-state index contributed by atoms with van der Waals surface area (Å²) in [5.41, 5.74) is -0.773. The van der Waals surface area contributed by atoms with Gasteiger partial charge in [-0.1, -0.05) is 27.0 Å². The zero-order chi connectivity index (χ0) is 9.23. The summed E-state index contributed by atoms with van der Waals surface area (Å²) in [7, 11) is 0. The summed E-state index contributed by atoms with van der Waals surface area (Å²) in [5.74, 6) is -0.205. The monoisotopic (exact) mass is 164 g/mol. The van der Waals surface area contributed by atoms with E-state index in [-0.39, 0.29) is 11.5 Å². The van der Waals surface area contributed by atoms with Crippen molar-refractivity contribution >= 4 is 0 Å². The second-order valence-corrected chi connectivity index (χ2v) is 2.66. The van der Waals surface area contributed by atoms with E-state index in [1.165, 1.54) is 0 Å². The number of alkyl halides is 3. The van der Waals surface area contributed by atoms with Gasteiger partial charge in [0.1, 0.15) is 0 Å². The molecule has 0 bridgehead atoms. The molecule has 0 fully saturated rings. The highest BCUT2D eigenvalue weighted by Crippen LogP contribution is 2.31. The SMILES string of the molecule is C=C(C(=C)C(F)(F)F)C(C)C. The van der Waals surface area contributed by atoms with Crippen LogP contribution in [0.4, 0.5) is 13.2 Å². The maximum atomic E-state index is 11.9. The molecule has 0 spiro atoms. The molecule has 0 radical (unpaired) electrons. The molecule has 0 rings (SSSR count). The normalized spacial score (nSPS) is 11.8. The summed E-state index contributed by atoms with van der Waals surface area (Å²) < 4.78 is 35.7. The maximum absolute atomic E-state index is 11.9. The Balaban J connectivity index is 4.40. The summed E-state index contributed by atoms with van der Waals surface area (Å²) in [6.07, 6.45) is -4.33. The van der Waals surface area contributed by atoms with Crippen molar-refractivity contribution in [3.8, 4) is 0 Å². The van der Waals surface area contributed by atoms with Gasteiger partial charge in [0.15, 0.2) is 0 Å². The van der Waals surface area contributed by atoms with Crippen molar-refractivity contribution in [2.45, 2.75) is 20.0 Å². The van der Waals surface area contributed by atoms with Gasteiger partial charge in [0.05, 0.1) is 5.57 Å². The van der Waals surface area contributed by atoms with Gasteiger partial charge in [0.2, 0.25) is 0 Å². The molecular formula is C8H11F3. The molecule has 0 unspecified atom stereocenters. The van der Waals surface area contributed by atoms with Crippen LogP contribution in [0.5, 0.6) is 0 Å². The molecular weight excluding hydrogens is 153 g/mol. The Hall–Kier alpha value is -0.730. The van der Waals surface area contributed by atoms with E-state index in [0.717, 1.165) is 0 Å². The van der Waals surface area contributed by atoms with Crippen molar-refractivity contribution in [1.82, 2.24) is 0 Å². The van der Waals surface area contributed by atoms with Gasteiger partial charge in [-0.2, -0.15) is 13.2 Å². The molecule has 0 N–H and O–H groups in total. The fraction of sp³-hybridized carbons (Fsp3) is 0.500. The van der Waals surface area contributed by atoms with Gasteiger partial charge >= 0.3 is 6.18 Å². The first-order chi connectivity index (χ1) is 4.76. The van der Waals surface area contributed by atoms with Gasteiger partial charge in [-0.05, 0) is 11.5 Å². The number of allylic oxidation sites excluding steroid dienone is 2. The topological polar surface area (TPSA) is 0 Å². The first-order valence-corrected chi connectivity index (χ1v) is 3.22. The van der Waals surface area contributed by atoms with Crippen LogP contribution in [0.15, 0.2) is 24.3 Å². The van der Waals surface area contributed by atoms with E-state index < -0.39 is 11.7 Å². The lowest BCUT2D eigenvalue weighted by molar-refractivity contribution is -0.0895. The van der Waals surface area contributed by atoms with Gasteiger partial charge < -0.3 is 0 Å². The minimum atomic E-state index is -4.33. The Morgan fingerprint density at radius 3 is 1.64 bits per heavy atom. The summed E-state index contributed by atoms with van der Waals surface area (Å²) in [6, 6.07) is 0. The van der Waals surface area contributed by atoms with Crippen molar-refractivity contribution in [2.75, 3.05) is 0 Å². The van der Waals surface area contributed by atoms with Crippen LogP contribution in [0, 0.1) is 5.92 Å². The van der Waals surface area contributed by atoms with Gasteiger partial charge in [-0.25, -0.2) is 0 Å². The van der Waals surface area contributed by atoms with Crippen molar-refractivity contribution < 1.29 is 13.2 Å². The van der Waals surface area contributed by atoms with Gasteiger partial charge in [-0.3, -0.25) is 0 Å². The largest absolute Gasteiger partial charge is 0.416 e. The minimum Gasteiger partial charge on any atom is -0.166 e. The molecule has 64 valence electrons. The average Bonchev–Trinajstić information content (AvgIpc) is 1.82. The third-order valence-electron chi connectivity index (χ3n) is 1.43. The van der Waals surface area contributed by atoms with Crippen LogP contribution in [0.3, 0.4) is 0 Å². The zero-order valence-corrected chi connectivity index (χ0v) is 6.63. The number of rotatable bonds is 2. The van der Waals surface area contributed by atoms with Crippen molar-refractivity contribution in [2.24, 2.45) is 5.92 Å². The van der Waals surface area contributed by atoms with E-state index in [1.807, 2.05) is 0 Å². The molecule has 0 amide bonds. The third-order valence-corrected chi connectivity index (χ3v) is 1.43. The number of hydrogen-bond acceptors (Lipinski definition) is 0. The summed E-state index contributed by atoms with van der Waals surface area (Å²) in [6.45, 7) is 9.53. The molecule has 0 atom stereocenters. The van der Waals surface area contributed by atoms with Crippen molar-refractivity contribution in [3.63, 3.8) is 0 Å². The van der Waals surface area contributed by atoms with Gasteiger partial charge in [0, 0.05) is 0 Å². The molecule has 0 aliphatic heterocycles. The quantitative estimate of drug-likeness (QED) is 0.549. The van der Waals surface area contributed by atoms with Crippen LogP contribution < -0.4 is 0 Å². The predicted octanol–water partition coefficient (Wildman–Crippen LogP) is 3.32. The predicted molar refractivity (Wildman–Crippen MR) is 39.2 cm³/mol. The minimum absolute atomic E-state index is 0.0532. The number of hydrogen-bond donors (Lipinski definition) is 0. The van der Waals surface area contributed by atoms with Crippen molar-refractivity contribution in [3.05, 3.63) is 24.3 Å². The summed E-state index contributed by atoms with van der Waals surface area (Å²) in [4.78, 5) is 0. The van der Waals surface area contributed by atoms with Gasteiger partial charge in [-0.15, -0.1) is 0 Å². The molecule has 0 aliphatic rings. The van der Waals surface area contributed by atoms with Crippen LogP contribution in [0.2, 0.25) is 0 Å². The van der Waals surface area contributed by atoms with Crippen molar-refractivity contribution in [1.29, 1.82) is 0 Å². The zero-order valence-electron chi connectivity index (χ0n) is 6.63. The van der Waals surface area contributed by atoms with E-state index in [1.54, 1.807) is 13.8 Å². The van der Waals surface area contributed by atoms with Crippen LogP contribution in [-0.4, -0.2) is 6.18 Å². The standard InChI is InChI=1S/C8H11F3/c1-5(2)6(3)7(4)8(9,10)11/h5H,3-4H2,1-2H3. The lowest BCUT2D eigenvalue weighted by Crippen LogP contribution is -2.14. The summed E-state index contributed by atoms with van der Waals surface area (Å²) in [5, 5.41) is 0. The smallest absolute Gasteiger partial charge is 0.166 e. The van der Waals surface area contributed by atoms with E-state index >= 15 is 0 Å². The first-order valence-electron chi connectivity index (χ1n) is 3.22. The Kier molecular flexibility index (Phi) is 2.91. The van der Waals surface area contributed by atoms with Crippen LogP contribution in [0.1, 0.15) is 13.8 Å². The van der Waals surface area contributed by atoms with E-state index in [9.17, 15) is 13.2 Å². The van der Waals surface area contributed by atoms with Gasteiger partial charge in [0.25, 0.3) is 0 Å². The fourth-order valence-corrected chi connectivity index (χ4v) is 0.531. The second kappa shape index (κ2) is 3.11. The highest BCUT2D eigenvalue weighted by Gasteiger charge is 2.33. The summed E-state index contributed by atoms with van der Waals surface area (Å²) >= 11 is 0. The Morgan fingerprint density at radius 1 is 1.18 bits per heavy atom. The molecule has 0 heterocycles. The highest BCUT2D eigenvalue weighted by atomic mass is 19.4. The third kappa shape index (κ3) is 2.78. The van der Waals surface area contributed by atoms with Crippen LogP contribution in [0.25, 0.3) is 0 Å². The Morgan fingerprint density at radius 2 is 1.55 bits per heavy atom. The first kappa shape index (κ1) is 10.3. The van der Waals surface area contributed by atoms with Crippen LogP contribution >= 0.6 is 0 Å². The van der Waals surface area contributed by atoms with E-state index in [4.69, 9.17) is 0 Å². The molecule has 0 nitrogen and oxygen atoms in total. The molecule has 0 aromatic carbocycles. The molecule has 3 heteroatoms. The maximum Gasteiger partial charge on any atom is 0.416 e. The average molecular weight is 164 g/mol. The lowest BCUT2D eigenvalue weighted by atomic mass is 9.98. The molecule has 0 saturated heterocycles. The number of halogens is 3. The molecule has 0 saturated carbocycles. The Bertz CT molecular complexity index is 174. The molecule has 0 aromatic heterocycles. The molecule has 0 aromatic rings.